The Morgan fingerprint density at radius 2 is 2.11 bits per heavy atom. The van der Waals surface area contributed by atoms with Gasteiger partial charge in [-0.05, 0) is 31.5 Å². The summed E-state index contributed by atoms with van der Waals surface area (Å²) in [6.07, 6.45) is 2.30. The molecule has 6 nitrogen and oxygen atoms in total. The second-order valence-corrected chi connectivity index (χ2v) is 6.88. The van der Waals surface area contributed by atoms with E-state index in [9.17, 15) is 9.18 Å². The molecule has 1 aromatic heterocycles. The summed E-state index contributed by atoms with van der Waals surface area (Å²) < 4.78 is 25.7. The minimum Gasteiger partial charge on any atom is -0.492 e. The number of aromatic nitrogens is 1. The predicted molar refractivity (Wildman–Crippen MR) is 105 cm³/mol. The van der Waals surface area contributed by atoms with Crippen molar-refractivity contribution in [3.63, 3.8) is 0 Å². The number of hydrogen-bond donors (Lipinski definition) is 1. The summed E-state index contributed by atoms with van der Waals surface area (Å²) in [5.41, 5.74) is 1.01. The molecule has 7 heteroatoms. The average molecular weight is 387 g/mol. The van der Waals surface area contributed by atoms with Crippen LogP contribution in [0.3, 0.4) is 0 Å². The zero-order chi connectivity index (χ0) is 20.1. The number of carbonyl (C=O) groups excluding carboxylic acids is 1. The summed E-state index contributed by atoms with van der Waals surface area (Å²) in [6.45, 7) is 7.01. The third-order valence-electron chi connectivity index (χ3n) is 4.65. The van der Waals surface area contributed by atoms with Crippen LogP contribution in [-0.4, -0.2) is 36.7 Å². The van der Waals surface area contributed by atoms with Crippen LogP contribution in [0, 0.1) is 5.82 Å². The number of ether oxygens (including phenoxy) is 2. The third kappa shape index (κ3) is 4.91. The van der Waals surface area contributed by atoms with Crippen molar-refractivity contribution < 1.29 is 18.7 Å². The molecule has 2 unspecified atom stereocenters. The monoisotopic (exact) mass is 387 g/mol. The van der Waals surface area contributed by atoms with Crippen molar-refractivity contribution >= 4 is 11.7 Å². The Balaban J connectivity index is 1.58. The first kappa shape index (κ1) is 19.9. The highest BCUT2D eigenvalue weighted by Crippen LogP contribution is 2.27. The van der Waals surface area contributed by atoms with Gasteiger partial charge in [0.25, 0.3) is 0 Å². The van der Waals surface area contributed by atoms with E-state index in [1.54, 1.807) is 6.20 Å². The number of pyridine rings is 1. The van der Waals surface area contributed by atoms with Crippen LogP contribution in [0.25, 0.3) is 0 Å². The van der Waals surface area contributed by atoms with Gasteiger partial charge in [-0.1, -0.05) is 12.1 Å². The van der Waals surface area contributed by atoms with Crippen LogP contribution in [-0.2, 0) is 4.79 Å². The fourth-order valence-corrected chi connectivity index (χ4v) is 3.32. The molecule has 3 rings (SSSR count). The fraction of sp³-hybridized carbons (Fsp3) is 0.429. The number of amides is 1. The second-order valence-electron chi connectivity index (χ2n) is 6.88. The number of benzene rings is 1. The Hall–Kier alpha value is -2.83. The molecule has 0 saturated carbocycles. The van der Waals surface area contributed by atoms with Gasteiger partial charge >= 0.3 is 0 Å². The molecule has 1 aliphatic rings. The molecule has 1 amide bonds. The molecule has 0 bridgehead atoms. The van der Waals surface area contributed by atoms with Crippen LogP contribution in [0.4, 0.5) is 10.2 Å². The van der Waals surface area contributed by atoms with Crippen molar-refractivity contribution in [3.8, 4) is 11.5 Å². The maximum absolute atomic E-state index is 14.3. The molecule has 0 aliphatic carbocycles. The van der Waals surface area contributed by atoms with Gasteiger partial charge in [-0.2, -0.15) is 0 Å². The molecule has 150 valence electrons. The maximum atomic E-state index is 14.3. The van der Waals surface area contributed by atoms with E-state index in [0.717, 1.165) is 17.7 Å². The predicted octanol–water partition coefficient (Wildman–Crippen LogP) is 3.47. The van der Waals surface area contributed by atoms with Crippen LogP contribution in [0.15, 0.2) is 36.5 Å². The highest BCUT2D eigenvalue weighted by molar-refractivity contribution is 5.73. The molecule has 0 radical (unpaired) electrons. The number of halogens is 1. The highest BCUT2D eigenvalue weighted by Gasteiger charge is 2.27. The molecule has 2 aromatic rings. The van der Waals surface area contributed by atoms with Crippen molar-refractivity contribution in [2.45, 2.75) is 39.3 Å². The standard InChI is InChI=1S/C21H26FN3O3/c1-4-27-19-11-20(22)21(23-12-19)25-10-9-18(13-25)28-17-7-5-16(6-8-17)14(2)24-15(3)26/h5-8,11-12,14,18H,4,9-10,13H2,1-3H3,(H,24,26). The van der Waals surface area contributed by atoms with Gasteiger partial charge in [0.2, 0.25) is 5.91 Å². The molecule has 1 N–H and O–H groups in total. The summed E-state index contributed by atoms with van der Waals surface area (Å²) in [5, 5.41) is 2.85. The summed E-state index contributed by atoms with van der Waals surface area (Å²) in [5.74, 6) is 1.07. The normalized spacial score (nSPS) is 17.3. The van der Waals surface area contributed by atoms with E-state index in [-0.39, 0.29) is 23.9 Å². The molecule has 1 fully saturated rings. The van der Waals surface area contributed by atoms with Gasteiger partial charge in [-0.3, -0.25) is 4.79 Å². The Bertz CT molecular complexity index is 813. The zero-order valence-corrected chi connectivity index (χ0v) is 16.4. The van der Waals surface area contributed by atoms with Crippen LogP contribution in [0.1, 0.15) is 38.8 Å². The Morgan fingerprint density at radius 1 is 1.36 bits per heavy atom. The van der Waals surface area contributed by atoms with E-state index in [0.29, 0.717) is 31.3 Å². The molecule has 1 aliphatic heterocycles. The summed E-state index contributed by atoms with van der Waals surface area (Å²) in [4.78, 5) is 17.3. The lowest BCUT2D eigenvalue weighted by atomic mass is 10.1. The highest BCUT2D eigenvalue weighted by atomic mass is 19.1. The summed E-state index contributed by atoms with van der Waals surface area (Å²) in [6, 6.07) is 8.99. The topological polar surface area (TPSA) is 63.7 Å². The first-order chi connectivity index (χ1) is 13.5. The largest absolute Gasteiger partial charge is 0.492 e. The lowest BCUT2D eigenvalue weighted by molar-refractivity contribution is -0.119. The lowest BCUT2D eigenvalue weighted by Gasteiger charge is -2.19. The molecular weight excluding hydrogens is 361 g/mol. The van der Waals surface area contributed by atoms with Gasteiger partial charge in [0.15, 0.2) is 11.6 Å². The van der Waals surface area contributed by atoms with E-state index < -0.39 is 0 Å². The smallest absolute Gasteiger partial charge is 0.217 e. The first-order valence-corrected chi connectivity index (χ1v) is 9.53. The van der Waals surface area contributed by atoms with Gasteiger partial charge in [-0.15, -0.1) is 0 Å². The molecule has 0 spiro atoms. The third-order valence-corrected chi connectivity index (χ3v) is 4.65. The SMILES string of the molecule is CCOc1cnc(N2CCC(Oc3ccc(C(C)NC(C)=O)cc3)C2)c(F)c1. The van der Waals surface area contributed by atoms with Crippen molar-refractivity contribution in [2.75, 3.05) is 24.6 Å². The number of carbonyl (C=O) groups is 1. The van der Waals surface area contributed by atoms with Crippen molar-refractivity contribution in [1.82, 2.24) is 10.3 Å². The minimum absolute atomic E-state index is 0.0358. The van der Waals surface area contributed by atoms with E-state index in [4.69, 9.17) is 9.47 Å². The molecule has 1 saturated heterocycles. The molecule has 2 heterocycles. The van der Waals surface area contributed by atoms with Crippen LogP contribution < -0.4 is 19.7 Å². The number of anilines is 1. The van der Waals surface area contributed by atoms with Crippen molar-refractivity contribution in [1.29, 1.82) is 0 Å². The Labute approximate surface area is 164 Å². The zero-order valence-electron chi connectivity index (χ0n) is 16.4. The Kier molecular flexibility index (Phi) is 6.34. The quantitative estimate of drug-likeness (QED) is 0.788. The van der Waals surface area contributed by atoms with Gasteiger partial charge < -0.3 is 19.7 Å². The van der Waals surface area contributed by atoms with E-state index in [1.807, 2.05) is 43.0 Å². The molecular formula is C21H26FN3O3. The van der Waals surface area contributed by atoms with Crippen molar-refractivity contribution in [2.24, 2.45) is 0 Å². The van der Waals surface area contributed by atoms with Crippen LogP contribution >= 0.6 is 0 Å². The van der Waals surface area contributed by atoms with E-state index in [1.165, 1.54) is 13.0 Å². The number of nitrogens with zero attached hydrogens (tertiary/aromatic N) is 2. The Morgan fingerprint density at radius 3 is 2.75 bits per heavy atom. The van der Waals surface area contributed by atoms with Gasteiger partial charge in [0, 0.05) is 26.0 Å². The number of nitrogens with one attached hydrogen (secondary N) is 1. The van der Waals surface area contributed by atoms with Gasteiger partial charge in [0.1, 0.15) is 17.6 Å². The molecule has 28 heavy (non-hydrogen) atoms. The number of hydrogen-bond acceptors (Lipinski definition) is 5. The first-order valence-electron chi connectivity index (χ1n) is 9.53. The van der Waals surface area contributed by atoms with Crippen LogP contribution in [0.5, 0.6) is 11.5 Å². The van der Waals surface area contributed by atoms with Crippen LogP contribution in [0.2, 0.25) is 0 Å². The maximum Gasteiger partial charge on any atom is 0.217 e. The van der Waals surface area contributed by atoms with Gasteiger partial charge in [0.05, 0.1) is 25.4 Å². The average Bonchev–Trinajstić information content (AvgIpc) is 3.10. The molecule has 2 atom stereocenters. The van der Waals surface area contributed by atoms with E-state index in [2.05, 4.69) is 10.3 Å². The number of rotatable bonds is 7. The van der Waals surface area contributed by atoms with E-state index >= 15 is 0 Å². The van der Waals surface area contributed by atoms with Gasteiger partial charge in [-0.25, -0.2) is 9.37 Å². The lowest BCUT2D eigenvalue weighted by Crippen LogP contribution is -2.26. The fourth-order valence-electron chi connectivity index (χ4n) is 3.32. The summed E-state index contributed by atoms with van der Waals surface area (Å²) in [7, 11) is 0. The van der Waals surface area contributed by atoms with Crippen molar-refractivity contribution in [3.05, 3.63) is 47.9 Å². The summed E-state index contributed by atoms with van der Waals surface area (Å²) >= 11 is 0. The molecule has 1 aromatic carbocycles. The second kappa shape index (κ2) is 8.91. The minimum atomic E-state index is -0.386.